The van der Waals surface area contributed by atoms with E-state index in [0.717, 1.165) is 43.9 Å². The number of pyridine rings is 1. The lowest BCUT2D eigenvalue weighted by Crippen LogP contribution is -2.40. The van der Waals surface area contributed by atoms with Crippen LogP contribution in [0.5, 0.6) is 0 Å². The van der Waals surface area contributed by atoms with E-state index in [4.69, 9.17) is 0 Å². The van der Waals surface area contributed by atoms with Crippen LogP contribution in [-0.2, 0) is 17.9 Å². The molecule has 1 atom stereocenters. The van der Waals surface area contributed by atoms with Gasteiger partial charge in [0.15, 0.2) is 0 Å². The molecule has 0 aromatic carbocycles. The van der Waals surface area contributed by atoms with Crippen LogP contribution >= 0.6 is 0 Å². The maximum atomic E-state index is 12.6. The second-order valence-corrected chi connectivity index (χ2v) is 6.86. The summed E-state index contributed by atoms with van der Waals surface area (Å²) in [7, 11) is 0. The highest BCUT2D eigenvalue weighted by Gasteiger charge is 2.27. The highest BCUT2D eigenvalue weighted by atomic mass is 16.2. The Bertz CT molecular complexity index is 859. The summed E-state index contributed by atoms with van der Waals surface area (Å²) in [5, 5.41) is 4.06. The Balaban J connectivity index is 1.40. The Labute approximate surface area is 157 Å². The Morgan fingerprint density at radius 2 is 2.22 bits per heavy atom. The van der Waals surface area contributed by atoms with Crippen molar-refractivity contribution < 1.29 is 4.79 Å². The second-order valence-electron chi connectivity index (χ2n) is 6.86. The summed E-state index contributed by atoms with van der Waals surface area (Å²) in [4.78, 5) is 27.3. The van der Waals surface area contributed by atoms with E-state index in [2.05, 4.69) is 30.7 Å². The zero-order chi connectivity index (χ0) is 18.5. The van der Waals surface area contributed by atoms with E-state index in [9.17, 15) is 4.79 Å². The number of nitrogens with zero attached hydrogens (tertiary/aromatic N) is 7. The molecule has 0 bridgehead atoms. The zero-order valence-electron chi connectivity index (χ0n) is 15.2. The van der Waals surface area contributed by atoms with Crippen molar-refractivity contribution in [2.75, 3.05) is 13.1 Å². The molecule has 1 aliphatic rings. The van der Waals surface area contributed by atoms with Crippen molar-refractivity contribution in [1.29, 1.82) is 0 Å². The molecule has 0 spiro atoms. The Morgan fingerprint density at radius 3 is 3.04 bits per heavy atom. The molecule has 1 amide bonds. The molecule has 8 nitrogen and oxygen atoms in total. The fourth-order valence-corrected chi connectivity index (χ4v) is 3.63. The second kappa shape index (κ2) is 8.11. The zero-order valence-corrected chi connectivity index (χ0v) is 15.2. The Kier molecular flexibility index (Phi) is 5.22. The molecular weight excluding hydrogens is 342 g/mol. The predicted molar refractivity (Wildman–Crippen MR) is 98.8 cm³/mol. The number of aromatic nitrogens is 6. The normalized spacial score (nSPS) is 17.2. The van der Waals surface area contributed by atoms with E-state index in [1.165, 1.54) is 6.33 Å². The molecule has 27 heavy (non-hydrogen) atoms. The lowest BCUT2D eigenvalue weighted by Gasteiger charge is -2.32. The lowest BCUT2D eigenvalue weighted by molar-refractivity contribution is -0.132. The summed E-state index contributed by atoms with van der Waals surface area (Å²) in [6.45, 7) is 2.85. The van der Waals surface area contributed by atoms with Crippen LogP contribution in [0.15, 0.2) is 49.6 Å². The Morgan fingerprint density at radius 1 is 1.26 bits per heavy atom. The average Bonchev–Trinajstić information content (AvgIpc) is 3.39. The third-order valence-corrected chi connectivity index (χ3v) is 4.98. The molecule has 4 heterocycles. The van der Waals surface area contributed by atoms with E-state index in [1.54, 1.807) is 17.2 Å². The van der Waals surface area contributed by atoms with Crippen molar-refractivity contribution in [3.8, 4) is 0 Å². The molecule has 4 rings (SSSR count). The highest BCUT2D eigenvalue weighted by Crippen LogP contribution is 2.26. The molecule has 1 saturated heterocycles. The number of rotatable bonds is 6. The van der Waals surface area contributed by atoms with E-state index in [0.29, 0.717) is 13.0 Å². The summed E-state index contributed by atoms with van der Waals surface area (Å²) in [6, 6.07) is 4.01. The summed E-state index contributed by atoms with van der Waals surface area (Å²) >= 11 is 0. The van der Waals surface area contributed by atoms with Crippen molar-refractivity contribution in [1.82, 2.24) is 34.2 Å². The van der Waals surface area contributed by atoms with Gasteiger partial charge in [-0.1, -0.05) is 6.07 Å². The summed E-state index contributed by atoms with van der Waals surface area (Å²) in [5.74, 6) is 1.48. The van der Waals surface area contributed by atoms with Crippen LogP contribution in [0.1, 0.15) is 36.6 Å². The van der Waals surface area contributed by atoms with Crippen LogP contribution in [-0.4, -0.2) is 53.2 Å². The quantitative estimate of drug-likeness (QED) is 0.664. The van der Waals surface area contributed by atoms with Gasteiger partial charge >= 0.3 is 0 Å². The van der Waals surface area contributed by atoms with Crippen LogP contribution in [0.2, 0.25) is 0 Å². The highest BCUT2D eigenvalue weighted by molar-refractivity contribution is 5.76. The van der Waals surface area contributed by atoms with E-state index >= 15 is 0 Å². The number of likely N-dealkylation sites (tertiary alicyclic amines) is 1. The fraction of sp³-hybridized carbons (Fsp3) is 0.421. The van der Waals surface area contributed by atoms with Crippen LogP contribution in [0.3, 0.4) is 0 Å². The van der Waals surface area contributed by atoms with Gasteiger partial charge in [0.25, 0.3) is 0 Å². The van der Waals surface area contributed by atoms with E-state index in [-0.39, 0.29) is 11.8 Å². The van der Waals surface area contributed by atoms with Gasteiger partial charge in [-0.25, -0.2) is 9.97 Å². The van der Waals surface area contributed by atoms with Gasteiger partial charge in [0.2, 0.25) is 5.91 Å². The third kappa shape index (κ3) is 4.21. The number of carbonyl (C=O) groups is 1. The topological polar surface area (TPSA) is 81.7 Å². The minimum absolute atomic E-state index is 0.167. The molecule has 0 N–H and O–H groups in total. The maximum Gasteiger partial charge on any atom is 0.224 e. The van der Waals surface area contributed by atoms with Gasteiger partial charge in [-0.15, -0.1) is 0 Å². The van der Waals surface area contributed by atoms with Crippen molar-refractivity contribution >= 4 is 5.91 Å². The van der Waals surface area contributed by atoms with Crippen LogP contribution in [0.4, 0.5) is 0 Å². The van der Waals surface area contributed by atoms with Crippen molar-refractivity contribution in [2.45, 2.75) is 38.3 Å². The van der Waals surface area contributed by atoms with Crippen molar-refractivity contribution in [3.63, 3.8) is 0 Å². The van der Waals surface area contributed by atoms with Crippen molar-refractivity contribution in [2.24, 2.45) is 0 Å². The van der Waals surface area contributed by atoms with E-state index in [1.807, 2.05) is 29.6 Å². The average molecular weight is 365 g/mol. The first-order valence-electron chi connectivity index (χ1n) is 9.30. The van der Waals surface area contributed by atoms with Gasteiger partial charge in [-0.2, -0.15) is 5.10 Å². The molecule has 1 fully saturated rings. The fourth-order valence-electron chi connectivity index (χ4n) is 3.63. The first kappa shape index (κ1) is 17.4. The SMILES string of the molecule is O=C(CCn1cncn1)N1CCC[C@H](c2nccn2Cc2cccnc2)C1. The number of amides is 1. The van der Waals surface area contributed by atoms with Gasteiger partial charge in [0.05, 0.1) is 13.1 Å². The van der Waals surface area contributed by atoms with Gasteiger partial charge in [0.1, 0.15) is 18.5 Å². The molecule has 8 heteroatoms. The van der Waals surface area contributed by atoms with Crippen molar-refractivity contribution in [3.05, 3.63) is 61.0 Å². The maximum absolute atomic E-state index is 12.6. The molecule has 3 aromatic rings. The first-order valence-corrected chi connectivity index (χ1v) is 9.30. The van der Waals surface area contributed by atoms with Gasteiger partial charge in [-0.3, -0.25) is 14.5 Å². The molecule has 3 aromatic heterocycles. The first-order chi connectivity index (χ1) is 13.3. The monoisotopic (exact) mass is 365 g/mol. The third-order valence-electron chi connectivity index (χ3n) is 4.98. The summed E-state index contributed by atoms with van der Waals surface area (Å²) in [6.07, 6.45) is 13.1. The minimum Gasteiger partial charge on any atom is -0.342 e. The Hall–Kier alpha value is -3.03. The smallest absolute Gasteiger partial charge is 0.224 e. The summed E-state index contributed by atoms with van der Waals surface area (Å²) < 4.78 is 3.87. The van der Waals surface area contributed by atoms with Gasteiger partial charge < -0.3 is 9.47 Å². The molecule has 1 aliphatic heterocycles. The molecule has 0 saturated carbocycles. The molecule has 0 aliphatic carbocycles. The molecule has 0 unspecified atom stereocenters. The number of hydrogen-bond acceptors (Lipinski definition) is 5. The van der Waals surface area contributed by atoms with Crippen LogP contribution in [0.25, 0.3) is 0 Å². The van der Waals surface area contributed by atoms with Crippen LogP contribution in [0, 0.1) is 0 Å². The number of piperidine rings is 1. The lowest BCUT2D eigenvalue weighted by atomic mass is 9.96. The number of aryl methyl sites for hydroxylation is 1. The summed E-state index contributed by atoms with van der Waals surface area (Å²) in [5.41, 5.74) is 1.15. The largest absolute Gasteiger partial charge is 0.342 e. The number of hydrogen-bond donors (Lipinski definition) is 0. The van der Waals surface area contributed by atoms with Crippen LogP contribution < -0.4 is 0 Å². The minimum atomic E-state index is 0.167. The molecular formula is C19H23N7O. The number of carbonyl (C=O) groups excluding carboxylic acids is 1. The molecule has 0 radical (unpaired) electrons. The van der Waals surface area contributed by atoms with E-state index < -0.39 is 0 Å². The van der Waals surface area contributed by atoms with Gasteiger partial charge in [-0.05, 0) is 24.5 Å². The van der Waals surface area contributed by atoms with Gasteiger partial charge in [0, 0.05) is 50.2 Å². The predicted octanol–water partition coefficient (Wildman–Crippen LogP) is 1.71. The number of imidazole rings is 1. The standard InChI is InChI=1S/C19H23N7O/c27-18(5-9-26-15-21-14-23-26)24-8-2-4-17(13-24)19-22-7-10-25(19)12-16-3-1-6-20-11-16/h1,3,6-7,10-11,14-15,17H,2,4-5,8-9,12-13H2/t17-/m0/s1. The molecule has 140 valence electrons.